The molecule has 0 aromatic carbocycles. The molecule has 0 saturated carbocycles. The Morgan fingerprint density at radius 3 is 2.73 bits per heavy atom. The number of aliphatic hydroxyl groups is 2. The van der Waals surface area contributed by atoms with Gasteiger partial charge >= 0.3 is 0 Å². The van der Waals surface area contributed by atoms with E-state index < -0.39 is 18.5 Å². The summed E-state index contributed by atoms with van der Waals surface area (Å²) in [6.07, 6.45) is -0.327. The van der Waals surface area contributed by atoms with Crippen LogP contribution in [-0.2, 0) is 9.53 Å². The van der Waals surface area contributed by atoms with Gasteiger partial charge in [0.05, 0.1) is 6.61 Å². The largest absolute Gasteiger partial charge is 0.388 e. The van der Waals surface area contributed by atoms with Crippen LogP contribution in [0, 0.1) is 0 Å². The van der Waals surface area contributed by atoms with Crippen LogP contribution < -0.4 is 0 Å². The summed E-state index contributed by atoms with van der Waals surface area (Å²) < 4.78 is 4.89. The minimum absolute atomic E-state index is 0.0206. The molecule has 0 bridgehead atoms. The zero-order chi connectivity index (χ0) is 8.69. The van der Waals surface area contributed by atoms with E-state index in [9.17, 15) is 4.79 Å². The third-order valence-corrected chi connectivity index (χ3v) is 1.15. The number of carbonyl (C=O) groups excluding carboxylic acids is 1. The van der Waals surface area contributed by atoms with Crippen LogP contribution in [0.2, 0.25) is 0 Å². The highest BCUT2D eigenvalue weighted by Crippen LogP contribution is 1.88. The van der Waals surface area contributed by atoms with E-state index in [1.165, 1.54) is 0 Å². The molecule has 66 valence electrons. The molecule has 0 heterocycles. The predicted molar refractivity (Wildman–Crippen MR) is 39.2 cm³/mol. The van der Waals surface area contributed by atoms with Gasteiger partial charge in [-0.05, 0) is 6.42 Å². The van der Waals surface area contributed by atoms with Crippen molar-refractivity contribution in [2.24, 2.45) is 0 Å². The van der Waals surface area contributed by atoms with E-state index in [4.69, 9.17) is 14.9 Å². The number of ether oxygens (including phenoxy) is 1. The molecule has 2 N–H and O–H groups in total. The lowest BCUT2D eigenvalue weighted by atomic mass is 10.2. The maximum Gasteiger partial charge on any atom is 0.188 e. The van der Waals surface area contributed by atoms with Gasteiger partial charge in [0.25, 0.3) is 0 Å². The van der Waals surface area contributed by atoms with Crippen LogP contribution in [0.15, 0.2) is 0 Å². The average Bonchev–Trinajstić information content (AvgIpc) is 2.03. The summed E-state index contributed by atoms with van der Waals surface area (Å²) >= 11 is 0. The fraction of sp³-hybridized carbons (Fsp3) is 0.857. The number of aliphatic hydroxyl groups excluding tert-OH is 2. The fourth-order valence-electron chi connectivity index (χ4n) is 0.538. The third-order valence-electron chi connectivity index (χ3n) is 1.15. The zero-order valence-electron chi connectivity index (χ0n) is 6.62. The van der Waals surface area contributed by atoms with Gasteiger partial charge in [0.15, 0.2) is 5.78 Å². The Bertz CT molecular complexity index is 113. The molecule has 0 aromatic rings. The Kier molecular flexibility index (Phi) is 6.02. The molecule has 0 aliphatic rings. The van der Waals surface area contributed by atoms with Gasteiger partial charge in [0.2, 0.25) is 0 Å². The van der Waals surface area contributed by atoms with E-state index in [-0.39, 0.29) is 6.61 Å². The number of hydrogen-bond acceptors (Lipinski definition) is 4. The fourth-order valence-corrected chi connectivity index (χ4v) is 0.538. The maximum absolute atomic E-state index is 10.5. The molecule has 1 unspecified atom stereocenters. The summed E-state index contributed by atoms with van der Waals surface area (Å²) in [4.78, 5) is 10.5. The van der Waals surface area contributed by atoms with Crippen LogP contribution in [0.5, 0.6) is 0 Å². The van der Waals surface area contributed by atoms with E-state index in [1.54, 1.807) is 0 Å². The quantitative estimate of drug-likeness (QED) is 0.508. The normalized spacial score (nSPS) is 13.0. The zero-order valence-corrected chi connectivity index (χ0v) is 6.62. The molecule has 0 spiro atoms. The van der Waals surface area contributed by atoms with Crippen molar-refractivity contribution in [2.75, 3.05) is 19.8 Å². The minimum atomic E-state index is -1.17. The smallest absolute Gasteiger partial charge is 0.188 e. The molecule has 0 amide bonds. The molecule has 4 heteroatoms. The molecular formula is C7H14O4. The maximum atomic E-state index is 10.5. The topological polar surface area (TPSA) is 66.8 Å². The van der Waals surface area contributed by atoms with Crippen LogP contribution in [0.3, 0.4) is 0 Å². The Morgan fingerprint density at radius 2 is 2.27 bits per heavy atom. The van der Waals surface area contributed by atoms with Crippen molar-refractivity contribution < 1.29 is 19.7 Å². The summed E-state index contributed by atoms with van der Waals surface area (Å²) in [5.74, 6) is -0.596. The van der Waals surface area contributed by atoms with Crippen LogP contribution in [0.1, 0.15) is 13.3 Å². The summed E-state index contributed by atoms with van der Waals surface area (Å²) in [7, 11) is 0. The van der Waals surface area contributed by atoms with E-state index in [2.05, 4.69) is 0 Å². The second-order valence-electron chi connectivity index (χ2n) is 2.22. The number of carbonyl (C=O) groups is 1. The highest BCUT2D eigenvalue weighted by Gasteiger charge is 2.12. The number of hydrogen-bond donors (Lipinski definition) is 2. The van der Waals surface area contributed by atoms with Crippen LogP contribution in [0.25, 0.3) is 0 Å². The van der Waals surface area contributed by atoms with Crippen LogP contribution in [0.4, 0.5) is 0 Å². The van der Waals surface area contributed by atoms with Gasteiger partial charge in [0, 0.05) is 6.61 Å². The van der Waals surface area contributed by atoms with Crippen molar-refractivity contribution in [1.82, 2.24) is 0 Å². The first-order valence-electron chi connectivity index (χ1n) is 3.61. The Balaban J connectivity index is 3.36. The first-order valence-corrected chi connectivity index (χ1v) is 3.61. The van der Waals surface area contributed by atoms with Gasteiger partial charge in [-0.2, -0.15) is 0 Å². The van der Waals surface area contributed by atoms with Crippen molar-refractivity contribution in [3.63, 3.8) is 0 Å². The monoisotopic (exact) mass is 162 g/mol. The first kappa shape index (κ1) is 10.6. The SMILES string of the molecule is CCCOCC(O)C(=O)CO. The molecule has 4 nitrogen and oxygen atoms in total. The van der Waals surface area contributed by atoms with Gasteiger partial charge in [-0.15, -0.1) is 0 Å². The highest BCUT2D eigenvalue weighted by atomic mass is 16.5. The second-order valence-corrected chi connectivity index (χ2v) is 2.22. The molecule has 0 aromatic heterocycles. The van der Waals surface area contributed by atoms with Crippen molar-refractivity contribution >= 4 is 5.78 Å². The Labute approximate surface area is 65.8 Å². The number of Topliss-reactive ketones (excluding diaryl/α,β-unsaturated/α-hetero) is 1. The summed E-state index contributed by atoms with van der Waals surface area (Å²) in [6.45, 7) is 1.81. The first-order chi connectivity index (χ1) is 5.22. The van der Waals surface area contributed by atoms with Gasteiger partial charge in [-0.1, -0.05) is 6.92 Å². The molecule has 0 radical (unpaired) electrons. The second kappa shape index (κ2) is 6.27. The van der Waals surface area contributed by atoms with E-state index in [1.807, 2.05) is 6.92 Å². The summed E-state index contributed by atoms with van der Waals surface area (Å²) in [6, 6.07) is 0. The van der Waals surface area contributed by atoms with E-state index in [0.29, 0.717) is 6.61 Å². The van der Waals surface area contributed by atoms with Gasteiger partial charge in [-0.25, -0.2) is 0 Å². The molecule has 11 heavy (non-hydrogen) atoms. The molecule has 0 saturated heterocycles. The van der Waals surface area contributed by atoms with Crippen molar-refractivity contribution in [2.45, 2.75) is 19.4 Å². The molecular weight excluding hydrogens is 148 g/mol. The minimum Gasteiger partial charge on any atom is -0.388 e. The van der Waals surface area contributed by atoms with Crippen LogP contribution >= 0.6 is 0 Å². The molecule has 0 fully saturated rings. The van der Waals surface area contributed by atoms with Crippen LogP contribution in [-0.4, -0.2) is 41.9 Å². The van der Waals surface area contributed by atoms with Crippen molar-refractivity contribution in [3.05, 3.63) is 0 Å². The summed E-state index contributed by atoms with van der Waals surface area (Å²) in [5, 5.41) is 17.2. The standard InChI is InChI=1S/C7H14O4/c1-2-3-11-5-7(10)6(9)4-8/h7-8,10H,2-5H2,1H3. The number of ketones is 1. The van der Waals surface area contributed by atoms with Crippen molar-refractivity contribution in [3.8, 4) is 0 Å². The van der Waals surface area contributed by atoms with Gasteiger partial charge in [0.1, 0.15) is 12.7 Å². The average molecular weight is 162 g/mol. The van der Waals surface area contributed by atoms with E-state index >= 15 is 0 Å². The lowest BCUT2D eigenvalue weighted by molar-refractivity contribution is -0.133. The molecule has 0 aliphatic carbocycles. The van der Waals surface area contributed by atoms with Crippen molar-refractivity contribution in [1.29, 1.82) is 0 Å². The third kappa shape index (κ3) is 4.89. The number of rotatable bonds is 6. The lowest BCUT2D eigenvalue weighted by Gasteiger charge is -2.07. The van der Waals surface area contributed by atoms with Gasteiger partial charge < -0.3 is 14.9 Å². The highest BCUT2D eigenvalue weighted by molar-refractivity contribution is 5.83. The van der Waals surface area contributed by atoms with E-state index in [0.717, 1.165) is 6.42 Å². The Morgan fingerprint density at radius 1 is 1.64 bits per heavy atom. The molecule has 1 atom stereocenters. The Hall–Kier alpha value is -0.450. The molecule has 0 rings (SSSR count). The predicted octanol–water partition coefficient (Wildman–Crippen LogP) is -0.665. The summed E-state index contributed by atoms with van der Waals surface area (Å²) in [5.41, 5.74) is 0. The molecule has 0 aliphatic heterocycles. The van der Waals surface area contributed by atoms with Gasteiger partial charge in [-0.3, -0.25) is 4.79 Å². The lowest BCUT2D eigenvalue weighted by Crippen LogP contribution is -2.28.